The molecule has 1 aliphatic heterocycles. The van der Waals surface area contributed by atoms with Crippen LogP contribution in [0.2, 0.25) is 0 Å². The first-order valence-corrected chi connectivity index (χ1v) is 6.66. The van der Waals surface area contributed by atoms with E-state index in [4.69, 9.17) is 0 Å². The van der Waals surface area contributed by atoms with E-state index in [0.29, 0.717) is 12.1 Å². The molecule has 1 saturated heterocycles. The summed E-state index contributed by atoms with van der Waals surface area (Å²) in [7, 11) is 0. The van der Waals surface area contributed by atoms with Gasteiger partial charge in [0.25, 0.3) is 0 Å². The number of piperidine rings is 1. The monoisotopic (exact) mass is 257 g/mol. The number of hydrogen-bond acceptors (Lipinski definition) is 4. The van der Waals surface area contributed by atoms with Gasteiger partial charge in [-0.1, -0.05) is 0 Å². The maximum absolute atomic E-state index is 11.6. The van der Waals surface area contributed by atoms with Crippen molar-refractivity contribution in [1.82, 2.24) is 4.98 Å². The molecule has 4 heteroatoms. The van der Waals surface area contributed by atoms with Crippen molar-refractivity contribution < 1.29 is 4.79 Å². The number of anilines is 1. The van der Waals surface area contributed by atoms with Crippen LogP contribution in [-0.2, 0) is 4.79 Å². The van der Waals surface area contributed by atoms with Crippen molar-refractivity contribution in [3.8, 4) is 6.07 Å². The normalized spacial score (nSPS) is 19.1. The van der Waals surface area contributed by atoms with Crippen LogP contribution in [0.5, 0.6) is 0 Å². The Morgan fingerprint density at radius 1 is 1.53 bits per heavy atom. The zero-order valence-corrected chi connectivity index (χ0v) is 11.7. The first kappa shape index (κ1) is 13.5. The lowest BCUT2D eigenvalue weighted by atomic mass is 9.93. The van der Waals surface area contributed by atoms with Crippen molar-refractivity contribution in [2.24, 2.45) is 5.92 Å². The first-order valence-electron chi connectivity index (χ1n) is 6.66. The third-order valence-electron chi connectivity index (χ3n) is 3.76. The summed E-state index contributed by atoms with van der Waals surface area (Å²) in [6.45, 7) is 7.07. The third kappa shape index (κ3) is 2.76. The van der Waals surface area contributed by atoms with Crippen LogP contribution in [0.1, 0.15) is 36.7 Å². The van der Waals surface area contributed by atoms with Gasteiger partial charge in [-0.2, -0.15) is 5.26 Å². The Hall–Kier alpha value is -1.89. The van der Waals surface area contributed by atoms with Crippen LogP contribution in [0.25, 0.3) is 0 Å². The van der Waals surface area contributed by atoms with Gasteiger partial charge in [-0.3, -0.25) is 9.78 Å². The van der Waals surface area contributed by atoms with E-state index in [-0.39, 0.29) is 11.7 Å². The molecule has 0 spiro atoms. The van der Waals surface area contributed by atoms with E-state index in [1.165, 1.54) is 0 Å². The molecule has 1 fully saturated rings. The molecule has 0 bridgehead atoms. The summed E-state index contributed by atoms with van der Waals surface area (Å²) in [6.07, 6.45) is 1.95. The van der Waals surface area contributed by atoms with Crippen LogP contribution in [0.15, 0.2) is 6.07 Å². The van der Waals surface area contributed by atoms with Crippen LogP contribution < -0.4 is 4.90 Å². The van der Waals surface area contributed by atoms with Crippen LogP contribution in [0.3, 0.4) is 0 Å². The molecule has 2 heterocycles. The molecule has 100 valence electrons. The second-order valence-electron chi connectivity index (χ2n) is 5.25. The summed E-state index contributed by atoms with van der Waals surface area (Å²) >= 11 is 0. The Bertz CT molecular complexity index is 545. The van der Waals surface area contributed by atoms with Gasteiger partial charge in [0.1, 0.15) is 11.9 Å². The Kier molecular flexibility index (Phi) is 3.84. The second kappa shape index (κ2) is 5.40. The Morgan fingerprint density at radius 3 is 2.89 bits per heavy atom. The number of ketones is 1. The van der Waals surface area contributed by atoms with Gasteiger partial charge in [0.2, 0.25) is 0 Å². The smallest absolute Gasteiger partial charge is 0.134 e. The van der Waals surface area contributed by atoms with Gasteiger partial charge in [0.15, 0.2) is 0 Å². The number of nitrogens with zero attached hydrogens (tertiary/aromatic N) is 3. The number of nitriles is 1. The Morgan fingerprint density at radius 2 is 2.26 bits per heavy atom. The van der Waals surface area contributed by atoms with Gasteiger partial charge >= 0.3 is 0 Å². The van der Waals surface area contributed by atoms with Gasteiger partial charge in [0, 0.05) is 24.7 Å². The molecule has 1 atom stereocenters. The molecule has 0 saturated carbocycles. The van der Waals surface area contributed by atoms with Gasteiger partial charge in [-0.15, -0.1) is 0 Å². The fourth-order valence-electron chi connectivity index (χ4n) is 2.72. The highest BCUT2D eigenvalue weighted by Gasteiger charge is 2.25. The van der Waals surface area contributed by atoms with Crippen LogP contribution in [0, 0.1) is 31.1 Å². The molecule has 0 radical (unpaired) electrons. The number of Topliss-reactive ketones (excluding diaryl/α,β-unsaturated/α-hetero) is 1. The lowest BCUT2D eigenvalue weighted by Crippen LogP contribution is -2.38. The van der Waals surface area contributed by atoms with Crippen molar-refractivity contribution >= 4 is 11.5 Å². The molecule has 0 aliphatic carbocycles. The largest absolute Gasteiger partial charge is 0.370 e. The predicted molar refractivity (Wildman–Crippen MR) is 74.0 cm³/mol. The average molecular weight is 257 g/mol. The molecule has 1 aromatic heterocycles. The van der Waals surface area contributed by atoms with E-state index in [1.807, 2.05) is 19.9 Å². The van der Waals surface area contributed by atoms with Gasteiger partial charge < -0.3 is 4.90 Å². The lowest BCUT2D eigenvalue weighted by molar-refractivity contribution is -0.120. The van der Waals surface area contributed by atoms with E-state index in [2.05, 4.69) is 16.0 Å². The molecule has 0 N–H and O–H groups in total. The lowest BCUT2D eigenvalue weighted by Gasteiger charge is -2.34. The number of pyridine rings is 1. The fourth-order valence-corrected chi connectivity index (χ4v) is 2.72. The van der Waals surface area contributed by atoms with Gasteiger partial charge in [0.05, 0.1) is 16.9 Å². The number of aryl methyl sites for hydroxylation is 2. The highest BCUT2D eigenvalue weighted by Crippen LogP contribution is 2.28. The minimum atomic E-state index is 0.0917. The molecule has 0 amide bonds. The summed E-state index contributed by atoms with van der Waals surface area (Å²) in [5.41, 5.74) is 3.24. The molecule has 0 aromatic carbocycles. The predicted octanol–water partition coefficient (Wildman–Crippen LogP) is 2.38. The molecule has 1 aliphatic rings. The van der Waals surface area contributed by atoms with Crippen LogP contribution in [0.4, 0.5) is 5.69 Å². The maximum Gasteiger partial charge on any atom is 0.134 e. The minimum Gasteiger partial charge on any atom is -0.370 e. The number of aromatic nitrogens is 1. The van der Waals surface area contributed by atoms with Crippen LogP contribution in [-0.4, -0.2) is 23.9 Å². The zero-order valence-electron chi connectivity index (χ0n) is 11.7. The summed E-state index contributed by atoms with van der Waals surface area (Å²) in [5, 5.41) is 9.31. The highest BCUT2D eigenvalue weighted by atomic mass is 16.1. The molecule has 19 heavy (non-hydrogen) atoms. The maximum atomic E-state index is 11.6. The quantitative estimate of drug-likeness (QED) is 0.816. The third-order valence-corrected chi connectivity index (χ3v) is 3.76. The SMILES string of the molecule is CC(=O)C1CCCN(c2cc(C)nc(C)c2C#N)C1. The highest BCUT2D eigenvalue weighted by molar-refractivity contribution is 5.79. The molecular weight excluding hydrogens is 238 g/mol. The zero-order chi connectivity index (χ0) is 14.0. The van der Waals surface area contributed by atoms with E-state index >= 15 is 0 Å². The molecule has 1 aromatic rings. The summed E-state index contributed by atoms with van der Waals surface area (Å²) < 4.78 is 0. The minimum absolute atomic E-state index is 0.0917. The molecule has 4 nitrogen and oxygen atoms in total. The van der Waals surface area contributed by atoms with Crippen molar-refractivity contribution in [2.45, 2.75) is 33.6 Å². The summed E-state index contributed by atoms with van der Waals surface area (Å²) in [6, 6.07) is 4.20. The van der Waals surface area contributed by atoms with E-state index in [0.717, 1.165) is 36.5 Å². The number of carbonyl (C=O) groups excluding carboxylic acids is 1. The van der Waals surface area contributed by atoms with Crippen molar-refractivity contribution in [3.63, 3.8) is 0 Å². The van der Waals surface area contributed by atoms with Gasteiger partial charge in [-0.25, -0.2) is 0 Å². The second-order valence-corrected chi connectivity index (χ2v) is 5.25. The topological polar surface area (TPSA) is 57.0 Å². The molecule has 1 unspecified atom stereocenters. The van der Waals surface area contributed by atoms with E-state index < -0.39 is 0 Å². The Labute approximate surface area is 114 Å². The number of rotatable bonds is 2. The van der Waals surface area contributed by atoms with Crippen molar-refractivity contribution in [1.29, 1.82) is 5.26 Å². The van der Waals surface area contributed by atoms with E-state index in [1.54, 1.807) is 6.92 Å². The van der Waals surface area contributed by atoms with Crippen molar-refractivity contribution in [3.05, 3.63) is 23.0 Å². The molecule has 2 rings (SSSR count). The van der Waals surface area contributed by atoms with Gasteiger partial charge in [-0.05, 0) is 39.7 Å². The number of hydrogen-bond donors (Lipinski definition) is 0. The van der Waals surface area contributed by atoms with E-state index in [9.17, 15) is 10.1 Å². The Balaban J connectivity index is 2.36. The average Bonchev–Trinajstić information content (AvgIpc) is 2.38. The fraction of sp³-hybridized carbons (Fsp3) is 0.533. The van der Waals surface area contributed by atoms with Crippen LogP contribution >= 0.6 is 0 Å². The summed E-state index contributed by atoms with van der Waals surface area (Å²) in [5.74, 6) is 0.333. The molecular formula is C15H19N3O. The number of carbonyl (C=O) groups is 1. The summed E-state index contributed by atoms with van der Waals surface area (Å²) in [4.78, 5) is 18.1. The first-order chi connectivity index (χ1) is 9.02. The van der Waals surface area contributed by atoms with Crippen molar-refractivity contribution in [2.75, 3.05) is 18.0 Å². The standard InChI is InChI=1S/C15H19N3O/c1-10-7-15(14(8-16)11(2)17-10)18-6-4-5-13(9-18)12(3)19/h7,13H,4-6,9H2,1-3H3.